The first-order chi connectivity index (χ1) is 8.66. The molecule has 0 unspecified atom stereocenters. The van der Waals surface area contributed by atoms with Gasteiger partial charge in [-0.25, -0.2) is 4.39 Å². The normalized spacial score (nSPS) is 10.3. The molecule has 1 N–H and O–H groups in total. The fourth-order valence-electron chi connectivity index (χ4n) is 1.36. The maximum Gasteiger partial charge on any atom is 0.254 e. The maximum atomic E-state index is 13.5. The summed E-state index contributed by atoms with van der Waals surface area (Å²) in [6.07, 6.45) is 1.69. The molecule has 5 nitrogen and oxygen atoms in total. The van der Waals surface area contributed by atoms with Crippen molar-refractivity contribution in [2.24, 2.45) is 0 Å². The summed E-state index contributed by atoms with van der Waals surface area (Å²) in [6.45, 7) is 0.302. The Morgan fingerprint density at radius 1 is 1.50 bits per heavy atom. The fourth-order valence-corrected chi connectivity index (χ4v) is 1.69. The van der Waals surface area contributed by atoms with E-state index in [0.29, 0.717) is 23.3 Å². The highest BCUT2D eigenvalue weighted by molar-refractivity contribution is 9.10. The summed E-state index contributed by atoms with van der Waals surface area (Å²) < 4.78 is 18.8. The Balaban J connectivity index is 1.91. The third-order valence-electron chi connectivity index (χ3n) is 2.21. The number of nitrogens with zero attached hydrogens (tertiary/aromatic N) is 2. The van der Waals surface area contributed by atoms with Crippen LogP contribution in [0.1, 0.15) is 16.2 Å². The van der Waals surface area contributed by atoms with Gasteiger partial charge in [0.2, 0.25) is 5.89 Å². The molecule has 0 aliphatic carbocycles. The lowest BCUT2D eigenvalue weighted by molar-refractivity contribution is 0.0949. The van der Waals surface area contributed by atoms with Gasteiger partial charge in [-0.3, -0.25) is 4.79 Å². The van der Waals surface area contributed by atoms with Crippen LogP contribution in [0.4, 0.5) is 4.39 Å². The molecule has 0 bridgehead atoms. The van der Waals surface area contributed by atoms with Crippen molar-refractivity contribution in [1.29, 1.82) is 0 Å². The molecule has 0 atom stereocenters. The Kier molecular flexibility index (Phi) is 4.03. The van der Waals surface area contributed by atoms with Crippen molar-refractivity contribution >= 4 is 21.8 Å². The Morgan fingerprint density at radius 2 is 2.33 bits per heavy atom. The number of carbonyl (C=O) groups excluding carboxylic acids is 1. The van der Waals surface area contributed by atoms with Crippen LogP contribution in [0.5, 0.6) is 0 Å². The van der Waals surface area contributed by atoms with Gasteiger partial charge in [0.1, 0.15) is 5.82 Å². The lowest BCUT2D eigenvalue weighted by Gasteiger charge is -2.04. The van der Waals surface area contributed by atoms with Crippen molar-refractivity contribution in [2.75, 3.05) is 6.54 Å². The van der Waals surface area contributed by atoms with E-state index in [-0.39, 0.29) is 5.56 Å². The summed E-state index contributed by atoms with van der Waals surface area (Å²) in [6, 6.07) is 4.27. The Bertz CT molecular complexity index is 545. The minimum Gasteiger partial charge on any atom is -0.351 e. The van der Waals surface area contributed by atoms with Crippen molar-refractivity contribution < 1.29 is 13.7 Å². The highest BCUT2D eigenvalue weighted by Crippen LogP contribution is 2.15. The first-order valence-electron chi connectivity index (χ1n) is 5.15. The molecular formula is C11H9BrFN3O2. The van der Waals surface area contributed by atoms with Crippen molar-refractivity contribution in [1.82, 2.24) is 15.5 Å². The smallest absolute Gasteiger partial charge is 0.254 e. The molecule has 0 aliphatic rings. The van der Waals surface area contributed by atoms with Crippen molar-refractivity contribution in [3.05, 3.63) is 46.3 Å². The van der Waals surface area contributed by atoms with Crippen LogP contribution in [0.2, 0.25) is 0 Å². The van der Waals surface area contributed by atoms with Gasteiger partial charge in [-0.1, -0.05) is 21.1 Å². The quantitative estimate of drug-likeness (QED) is 0.936. The molecular weight excluding hydrogens is 305 g/mol. The number of hydrogen-bond acceptors (Lipinski definition) is 4. The number of nitrogens with one attached hydrogen (secondary N) is 1. The van der Waals surface area contributed by atoms with E-state index in [9.17, 15) is 9.18 Å². The minimum atomic E-state index is -0.570. The largest absolute Gasteiger partial charge is 0.351 e. The van der Waals surface area contributed by atoms with Crippen LogP contribution in [0.3, 0.4) is 0 Å². The van der Waals surface area contributed by atoms with Gasteiger partial charge in [0, 0.05) is 17.4 Å². The third-order valence-corrected chi connectivity index (χ3v) is 2.70. The summed E-state index contributed by atoms with van der Waals surface area (Å²) in [4.78, 5) is 15.5. The average Bonchev–Trinajstić information content (AvgIpc) is 2.81. The molecule has 7 heteroatoms. The highest BCUT2D eigenvalue weighted by atomic mass is 79.9. The molecule has 1 aromatic carbocycles. The zero-order valence-electron chi connectivity index (χ0n) is 9.19. The van der Waals surface area contributed by atoms with E-state index in [1.54, 1.807) is 6.07 Å². The first kappa shape index (κ1) is 12.7. The van der Waals surface area contributed by atoms with Crippen LogP contribution >= 0.6 is 15.9 Å². The van der Waals surface area contributed by atoms with Gasteiger partial charge in [0.25, 0.3) is 5.91 Å². The van der Waals surface area contributed by atoms with Gasteiger partial charge in [0.05, 0.1) is 5.56 Å². The minimum absolute atomic E-state index is 0.00345. The topological polar surface area (TPSA) is 68.0 Å². The van der Waals surface area contributed by atoms with E-state index in [2.05, 4.69) is 31.4 Å². The number of amides is 1. The van der Waals surface area contributed by atoms with Crippen LogP contribution < -0.4 is 5.32 Å². The predicted octanol–water partition coefficient (Wildman–Crippen LogP) is 1.94. The van der Waals surface area contributed by atoms with Crippen LogP contribution in [-0.2, 0) is 6.42 Å². The van der Waals surface area contributed by atoms with Crippen molar-refractivity contribution in [3.8, 4) is 0 Å². The van der Waals surface area contributed by atoms with E-state index >= 15 is 0 Å². The molecule has 1 aromatic heterocycles. The lowest BCUT2D eigenvalue weighted by Crippen LogP contribution is -2.26. The second-order valence-electron chi connectivity index (χ2n) is 3.47. The number of hydrogen-bond donors (Lipinski definition) is 1. The zero-order chi connectivity index (χ0) is 13.0. The summed E-state index contributed by atoms with van der Waals surface area (Å²) in [5.74, 6) is -0.620. The second-order valence-corrected chi connectivity index (χ2v) is 4.38. The zero-order valence-corrected chi connectivity index (χ0v) is 10.8. The third kappa shape index (κ3) is 3.13. The van der Waals surface area contributed by atoms with E-state index in [0.717, 1.165) is 0 Å². The number of rotatable bonds is 4. The standard InChI is InChI=1S/C11H9BrFN3O2/c12-7-1-2-8(9(13)5-7)11(17)14-4-3-10-15-6-16-18-10/h1-2,5-6H,3-4H2,(H,14,17). The van der Waals surface area contributed by atoms with E-state index < -0.39 is 11.7 Å². The number of carbonyl (C=O) groups is 1. The summed E-state index contributed by atoms with van der Waals surface area (Å²) in [5.41, 5.74) is 0.00345. The number of aromatic nitrogens is 2. The van der Waals surface area contributed by atoms with Crippen LogP contribution in [0.15, 0.2) is 33.5 Å². The van der Waals surface area contributed by atoms with Crippen LogP contribution in [0.25, 0.3) is 0 Å². The highest BCUT2D eigenvalue weighted by Gasteiger charge is 2.11. The van der Waals surface area contributed by atoms with Crippen molar-refractivity contribution in [3.63, 3.8) is 0 Å². The summed E-state index contributed by atoms with van der Waals surface area (Å²) in [7, 11) is 0. The van der Waals surface area contributed by atoms with Gasteiger partial charge < -0.3 is 9.84 Å². The number of benzene rings is 1. The molecule has 0 radical (unpaired) electrons. The van der Waals surface area contributed by atoms with Gasteiger partial charge in [-0.05, 0) is 18.2 Å². The Labute approximate surface area is 111 Å². The molecule has 0 fully saturated rings. The molecule has 0 saturated carbocycles. The fraction of sp³-hybridized carbons (Fsp3) is 0.182. The molecule has 0 spiro atoms. The van der Waals surface area contributed by atoms with Gasteiger partial charge in [-0.2, -0.15) is 4.98 Å². The van der Waals surface area contributed by atoms with Gasteiger partial charge >= 0.3 is 0 Å². The molecule has 18 heavy (non-hydrogen) atoms. The molecule has 1 heterocycles. The maximum absolute atomic E-state index is 13.5. The molecule has 94 valence electrons. The Hall–Kier alpha value is -1.76. The van der Waals surface area contributed by atoms with E-state index in [1.807, 2.05) is 0 Å². The van der Waals surface area contributed by atoms with E-state index in [4.69, 9.17) is 4.52 Å². The molecule has 0 saturated heterocycles. The lowest BCUT2D eigenvalue weighted by atomic mass is 10.2. The molecule has 2 aromatic rings. The van der Waals surface area contributed by atoms with Crippen LogP contribution in [0, 0.1) is 5.82 Å². The monoisotopic (exact) mass is 313 g/mol. The van der Waals surface area contributed by atoms with Gasteiger partial charge in [-0.15, -0.1) is 0 Å². The molecule has 1 amide bonds. The van der Waals surface area contributed by atoms with Gasteiger partial charge in [0.15, 0.2) is 6.33 Å². The van der Waals surface area contributed by atoms with E-state index in [1.165, 1.54) is 18.5 Å². The average molecular weight is 314 g/mol. The molecule has 2 rings (SSSR count). The summed E-state index contributed by atoms with van der Waals surface area (Å²) in [5, 5.41) is 6.01. The van der Waals surface area contributed by atoms with Crippen LogP contribution in [-0.4, -0.2) is 22.6 Å². The summed E-state index contributed by atoms with van der Waals surface area (Å²) >= 11 is 3.12. The molecule has 0 aliphatic heterocycles. The van der Waals surface area contributed by atoms with Crippen molar-refractivity contribution in [2.45, 2.75) is 6.42 Å². The SMILES string of the molecule is O=C(NCCc1ncno1)c1ccc(Br)cc1F. The predicted molar refractivity (Wildman–Crippen MR) is 64.4 cm³/mol. The number of halogens is 2. The second kappa shape index (κ2) is 5.72. The Morgan fingerprint density at radius 3 is 3.00 bits per heavy atom. The first-order valence-corrected chi connectivity index (χ1v) is 5.95.